The number of benzene rings is 1. The van der Waals surface area contributed by atoms with Crippen molar-refractivity contribution in [2.45, 2.75) is 19.3 Å². The molecule has 0 aliphatic rings. The second kappa shape index (κ2) is 6.38. The largest absolute Gasteiger partial charge is 0.508 e. The van der Waals surface area contributed by atoms with Crippen LogP contribution in [0.15, 0.2) is 24.3 Å². The highest BCUT2D eigenvalue weighted by Gasteiger charge is 2.20. The number of aromatic hydroxyl groups is 1. The van der Waals surface area contributed by atoms with E-state index in [9.17, 15) is 9.90 Å². The van der Waals surface area contributed by atoms with Crippen molar-refractivity contribution < 1.29 is 14.6 Å². The van der Waals surface area contributed by atoms with Gasteiger partial charge < -0.3 is 9.84 Å². The van der Waals surface area contributed by atoms with E-state index in [0.717, 1.165) is 5.56 Å². The molecule has 0 radical (unpaired) electrons. The number of rotatable bonds is 5. The van der Waals surface area contributed by atoms with Gasteiger partial charge in [-0.15, -0.1) is 16.7 Å². The molecular formula is C13H14ClN3O3. The van der Waals surface area contributed by atoms with E-state index in [1.54, 1.807) is 25.1 Å². The van der Waals surface area contributed by atoms with E-state index in [-0.39, 0.29) is 23.9 Å². The second-order valence-electron chi connectivity index (χ2n) is 4.07. The maximum Gasteiger partial charge on any atom is 0.360 e. The van der Waals surface area contributed by atoms with Gasteiger partial charge in [-0.3, -0.25) is 0 Å². The number of phenolic OH excluding ortho intramolecular Hbond substituents is 1. The topological polar surface area (TPSA) is 77.2 Å². The van der Waals surface area contributed by atoms with Gasteiger partial charge in [0.2, 0.25) is 0 Å². The molecule has 0 spiro atoms. The first kappa shape index (κ1) is 14.3. The summed E-state index contributed by atoms with van der Waals surface area (Å²) in [4.78, 5) is 11.7. The van der Waals surface area contributed by atoms with Crippen molar-refractivity contribution in [1.29, 1.82) is 0 Å². The summed E-state index contributed by atoms with van der Waals surface area (Å²) in [6, 6.07) is 6.76. The zero-order valence-electron chi connectivity index (χ0n) is 10.9. The molecule has 7 heteroatoms. The Balaban J connectivity index is 2.27. The van der Waals surface area contributed by atoms with Crippen molar-refractivity contribution in [3.63, 3.8) is 0 Å². The molecule has 20 heavy (non-hydrogen) atoms. The molecule has 0 amide bonds. The summed E-state index contributed by atoms with van der Waals surface area (Å²) in [6.45, 7) is 2.35. The Morgan fingerprint density at radius 2 is 2.30 bits per heavy atom. The minimum Gasteiger partial charge on any atom is -0.508 e. The molecular weight excluding hydrogens is 282 g/mol. The Hall–Kier alpha value is -2.08. The van der Waals surface area contributed by atoms with Crippen LogP contribution in [-0.2, 0) is 17.2 Å². The molecule has 0 saturated carbocycles. The summed E-state index contributed by atoms with van der Waals surface area (Å²) in [5.41, 5.74) is 1.45. The van der Waals surface area contributed by atoms with Gasteiger partial charge in [-0.05, 0) is 24.6 Å². The van der Waals surface area contributed by atoms with Crippen molar-refractivity contribution in [1.82, 2.24) is 15.0 Å². The van der Waals surface area contributed by atoms with Crippen molar-refractivity contribution in [3.05, 3.63) is 41.2 Å². The van der Waals surface area contributed by atoms with Gasteiger partial charge in [0.1, 0.15) is 5.75 Å². The zero-order valence-corrected chi connectivity index (χ0v) is 11.7. The van der Waals surface area contributed by atoms with Crippen LogP contribution in [-0.4, -0.2) is 32.7 Å². The number of aromatic nitrogens is 3. The monoisotopic (exact) mass is 295 g/mol. The van der Waals surface area contributed by atoms with Gasteiger partial charge >= 0.3 is 5.97 Å². The second-order valence-corrected chi connectivity index (χ2v) is 4.33. The Morgan fingerprint density at radius 1 is 1.50 bits per heavy atom. The number of phenols is 1. The number of nitrogens with zero attached hydrogens (tertiary/aromatic N) is 3. The highest BCUT2D eigenvalue weighted by Crippen LogP contribution is 2.15. The van der Waals surface area contributed by atoms with E-state index in [2.05, 4.69) is 10.3 Å². The molecule has 2 rings (SSSR count). The van der Waals surface area contributed by atoms with Crippen LogP contribution in [0.5, 0.6) is 5.75 Å². The van der Waals surface area contributed by atoms with Crippen LogP contribution in [0.1, 0.15) is 28.7 Å². The fourth-order valence-electron chi connectivity index (χ4n) is 1.78. The highest BCUT2D eigenvalue weighted by atomic mass is 35.5. The maximum atomic E-state index is 11.7. The van der Waals surface area contributed by atoms with Gasteiger partial charge in [-0.1, -0.05) is 17.3 Å². The minimum atomic E-state index is -0.537. The van der Waals surface area contributed by atoms with Crippen LogP contribution >= 0.6 is 11.6 Å². The lowest BCUT2D eigenvalue weighted by Gasteiger charge is -2.06. The molecule has 0 aliphatic heterocycles. The summed E-state index contributed by atoms with van der Waals surface area (Å²) in [7, 11) is 0. The molecule has 6 nitrogen and oxygen atoms in total. The number of carbonyl (C=O) groups excluding carboxylic acids is 1. The summed E-state index contributed by atoms with van der Waals surface area (Å²) in [5.74, 6) is -0.272. The third-order valence-electron chi connectivity index (χ3n) is 2.68. The molecule has 1 aromatic carbocycles. The summed E-state index contributed by atoms with van der Waals surface area (Å²) in [6.07, 6.45) is 0. The van der Waals surface area contributed by atoms with Gasteiger partial charge in [0.05, 0.1) is 24.7 Å². The van der Waals surface area contributed by atoms with E-state index in [1.165, 1.54) is 4.68 Å². The van der Waals surface area contributed by atoms with Crippen molar-refractivity contribution in [2.75, 3.05) is 6.61 Å². The van der Waals surface area contributed by atoms with E-state index >= 15 is 0 Å². The predicted molar refractivity (Wildman–Crippen MR) is 72.7 cm³/mol. The van der Waals surface area contributed by atoms with Crippen LogP contribution in [0.2, 0.25) is 0 Å². The van der Waals surface area contributed by atoms with Crippen LogP contribution in [0.25, 0.3) is 0 Å². The first-order valence-corrected chi connectivity index (χ1v) is 6.62. The Labute approximate surface area is 120 Å². The van der Waals surface area contributed by atoms with Gasteiger partial charge in [0.15, 0.2) is 5.69 Å². The third-order valence-corrected chi connectivity index (χ3v) is 2.93. The molecule has 2 aromatic rings. The molecule has 106 valence electrons. The molecule has 0 saturated heterocycles. The number of carbonyl (C=O) groups is 1. The van der Waals surface area contributed by atoms with Gasteiger partial charge in [-0.25, -0.2) is 9.48 Å². The normalized spacial score (nSPS) is 10.5. The van der Waals surface area contributed by atoms with Crippen LogP contribution in [0.4, 0.5) is 0 Å². The number of hydrogen-bond donors (Lipinski definition) is 1. The average Bonchev–Trinajstić information content (AvgIpc) is 2.82. The summed E-state index contributed by atoms with van der Waals surface area (Å²) < 4.78 is 6.42. The number of esters is 1. The van der Waals surface area contributed by atoms with Crippen LogP contribution in [0.3, 0.4) is 0 Å². The van der Waals surface area contributed by atoms with E-state index < -0.39 is 5.97 Å². The molecule has 1 N–H and O–H groups in total. The van der Waals surface area contributed by atoms with Crippen LogP contribution < -0.4 is 0 Å². The maximum absolute atomic E-state index is 11.7. The van der Waals surface area contributed by atoms with Gasteiger partial charge in [-0.2, -0.15) is 0 Å². The fourth-order valence-corrected chi connectivity index (χ4v) is 2.04. The average molecular weight is 296 g/mol. The Kier molecular flexibility index (Phi) is 4.57. The molecule has 0 bridgehead atoms. The molecule has 0 atom stereocenters. The quantitative estimate of drug-likeness (QED) is 0.674. The van der Waals surface area contributed by atoms with Crippen molar-refractivity contribution in [2.24, 2.45) is 0 Å². The molecule has 0 unspecified atom stereocenters. The van der Waals surface area contributed by atoms with E-state index in [1.807, 2.05) is 6.07 Å². The van der Waals surface area contributed by atoms with E-state index in [4.69, 9.17) is 16.3 Å². The minimum absolute atomic E-state index is 0.0972. The number of ether oxygens (including phenoxy) is 1. The highest BCUT2D eigenvalue weighted by molar-refractivity contribution is 6.17. The molecule has 1 heterocycles. The summed E-state index contributed by atoms with van der Waals surface area (Å²) in [5, 5.41) is 17.2. The summed E-state index contributed by atoms with van der Waals surface area (Å²) >= 11 is 5.86. The third kappa shape index (κ3) is 3.08. The van der Waals surface area contributed by atoms with Gasteiger partial charge in [0.25, 0.3) is 0 Å². The predicted octanol–water partition coefficient (Wildman–Crippen LogP) is 1.95. The van der Waals surface area contributed by atoms with E-state index in [0.29, 0.717) is 12.2 Å². The Morgan fingerprint density at radius 3 is 2.95 bits per heavy atom. The van der Waals surface area contributed by atoms with Crippen LogP contribution in [0, 0.1) is 0 Å². The fraction of sp³-hybridized carbons (Fsp3) is 0.308. The number of hydrogen-bond acceptors (Lipinski definition) is 5. The lowest BCUT2D eigenvalue weighted by molar-refractivity contribution is 0.0518. The Bertz CT molecular complexity index is 613. The molecule has 0 aliphatic carbocycles. The SMILES string of the molecule is CCOC(=O)c1nnn(Cc2cccc(O)c2)c1CCl. The van der Waals surface area contributed by atoms with Gasteiger partial charge in [0, 0.05) is 0 Å². The number of alkyl halides is 1. The lowest BCUT2D eigenvalue weighted by atomic mass is 10.2. The lowest BCUT2D eigenvalue weighted by Crippen LogP contribution is -2.10. The zero-order chi connectivity index (χ0) is 14.5. The first-order valence-electron chi connectivity index (χ1n) is 6.09. The molecule has 1 aromatic heterocycles. The standard InChI is InChI=1S/C13H14ClN3O3/c1-2-20-13(19)12-11(7-14)17(16-15-12)8-9-4-3-5-10(18)6-9/h3-6,18H,2,7-8H2,1H3. The van der Waals surface area contributed by atoms with Crippen molar-refractivity contribution in [3.8, 4) is 5.75 Å². The number of halogens is 1. The molecule has 0 fully saturated rings. The van der Waals surface area contributed by atoms with Crippen molar-refractivity contribution >= 4 is 17.6 Å². The smallest absolute Gasteiger partial charge is 0.360 e. The first-order chi connectivity index (χ1) is 9.65.